The first-order valence-corrected chi connectivity index (χ1v) is 2.83. The first-order chi connectivity index (χ1) is 3.56. The van der Waals surface area contributed by atoms with Crippen molar-refractivity contribution in [1.29, 1.82) is 0 Å². The van der Waals surface area contributed by atoms with Gasteiger partial charge >= 0.3 is 0 Å². The molecule has 0 amide bonds. The Labute approximate surface area is 50.6 Å². The standard InChI is InChI=1S/C5H12BFO/c1-3-8-4-5(2,6)7/h3-4,6H2,1-2H3/t5-/m0/s1. The zero-order valence-electron chi connectivity index (χ0n) is 5.70. The molecule has 0 unspecified atom stereocenters. The molecule has 48 valence electrons. The second-order valence-electron chi connectivity index (χ2n) is 2.36. The average Bonchev–Trinajstić information content (AvgIpc) is 1.59. The van der Waals surface area contributed by atoms with E-state index in [9.17, 15) is 4.39 Å². The SMILES string of the molecule is B[C@@](C)(F)COCC. The van der Waals surface area contributed by atoms with E-state index >= 15 is 0 Å². The lowest BCUT2D eigenvalue weighted by Crippen LogP contribution is -2.25. The number of halogens is 1. The summed E-state index contributed by atoms with van der Waals surface area (Å²) in [4.78, 5) is 0. The van der Waals surface area contributed by atoms with E-state index in [1.165, 1.54) is 14.8 Å². The van der Waals surface area contributed by atoms with Gasteiger partial charge in [-0.2, -0.15) is 0 Å². The first kappa shape index (κ1) is 7.95. The lowest BCUT2D eigenvalue weighted by Gasteiger charge is -2.12. The zero-order valence-corrected chi connectivity index (χ0v) is 5.70. The number of hydrogen-bond donors (Lipinski definition) is 0. The second-order valence-corrected chi connectivity index (χ2v) is 2.36. The van der Waals surface area contributed by atoms with E-state index in [0.717, 1.165) is 0 Å². The summed E-state index contributed by atoms with van der Waals surface area (Å²) in [5.74, 6) is 0. The average molecular weight is 118 g/mol. The fourth-order valence-electron chi connectivity index (χ4n) is 0.345. The molecule has 0 aromatic heterocycles. The molecule has 0 aromatic rings. The molecule has 0 saturated heterocycles. The van der Waals surface area contributed by atoms with Gasteiger partial charge in [-0.25, -0.2) is 0 Å². The Kier molecular flexibility index (Phi) is 3.06. The smallest absolute Gasteiger partial charge is 0.152 e. The van der Waals surface area contributed by atoms with Crippen molar-refractivity contribution >= 4 is 7.85 Å². The molecule has 0 spiro atoms. The van der Waals surface area contributed by atoms with Crippen LogP contribution in [0.25, 0.3) is 0 Å². The van der Waals surface area contributed by atoms with Gasteiger partial charge in [-0.1, -0.05) is 0 Å². The van der Waals surface area contributed by atoms with Crippen molar-refractivity contribution in [1.82, 2.24) is 0 Å². The molecule has 8 heavy (non-hydrogen) atoms. The van der Waals surface area contributed by atoms with Crippen LogP contribution in [0.4, 0.5) is 4.39 Å². The summed E-state index contributed by atoms with van der Waals surface area (Å²) >= 11 is 0. The van der Waals surface area contributed by atoms with Gasteiger partial charge in [0.25, 0.3) is 0 Å². The van der Waals surface area contributed by atoms with E-state index in [1.54, 1.807) is 0 Å². The highest BCUT2D eigenvalue weighted by Crippen LogP contribution is 2.02. The summed E-state index contributed by atoms with van der Waals surface area (Å²) in [7, 11) is 1.50. The van der Waals surface area contributed by atoms with Crippen LogP contribution in [0.2, 0.25) is 0 Å². The summed E-state index contributed by atoms with van der Waals surface area (Å²) in [5, 5.41) is 0. The van der Waals surface area contributed by atoms with E-state index in [0.29, 0.717) is 6.61 Å². The maximum atomic E-state index is 12.5. The molecule has 0 fully saturated rings. The van der Waals surface area contributed by atoms with Gasteiger partial charge in [0.1, 0.15) is 0 Å². The monoisotopic (exact) mass is 118 g/mol. The molecule has 0 heterocycles. The van der Waals surface area contributed by atoms with Gasteiger partial charge in [0.15, 0.2) is 7.85 Å². The van der Waals surface area contributed by atoms with Gasteiger partial charge in [-0.15, -0.1) is 0 Å². The molecule has 1 atom stereocenters. The lowest BCUT2D eigenvalue weighted by molar-refractivity contribution is 0.0773. The molecule has 0 N–H and O–H groups in total. The molecule has 3 heteroatoms. The summed E-state index contributed by atoms with van der Waals surface area (Å²) in [5.41, 5.74) is -1.17. The van der Waals surface area contributed by atoms with Gasteiger partial charge in [-0.3, -0.25) is 4.39 Å². The molecule has 0 aliphatic heterocycles. The number of hydrogen-bond acceptors (Lipinski definition) is 1. The molecule has 1 nitrogen and oxygen atoms in total. The fraction of sp³-hybridized carbons (Fsp3) is 1.00. The topological polar surface area (TPSA) is 9.23 Å². The molecule has 0 aliphatic carbocycles. The zero-order chi connectivity index (χ0) is 6.62. The Morgan fingerprint density at radius 3 is 2.38 bits per heavy atom. The first-order valence-electron chi connectivity index (χ1n) is 2.83. The van der Waals surface area contributed by atoms with Crippen LogP contribution in [0.3, 0.4) is 0 Å². The van der Waals surface area contributed by atoms with Gasteiger partial charge < -0.3 is 4.74 Å². The largest absolute Gasteiger partial charge is 0.379 e. The highest BCUT2D eigenvalue weighted by Gasteiger charge is 2.14. The van der Waals surface area contributed by atoms with Crippen LogP contribution in [0.1, 0.15) is 13.8 Å². The highest BCUT2D eigenvalue weighted by atomic mass is 19.1. The van der Waals surface area contributed by atoms with Crippen molar-refractivity contribution in [2.24, 2.45) is 0 Å². The van der Waals surface area contributed by atoms with Crippen molar-refractivity contribution in [2.75, 3.05) is 13.2 Å². The quantitative estimate of drug-likeness (QED) is 0.485. The normalized spacial score (nSPS) is 17.9. The van der Waals surface area contributed by atoms with Crippen molar-refractivity contribution in [3.63, 3.8) is 0 Å². The third-order valence-corrected chi connectivity index (χ3v) is 0.649. The number of rotatable bonds is 3. The van der Waals surface area contributed by atoms with Crippen LogP contribution in [-0.2, 0) is 4.74 Å². The highest BCUT2D eigenvalue weighted by molar-refractivity contribution is 6.14. The van der Waals surface area contributed by atoms with E-state index in [2.05, 4.69) is 0 Å². The second kappa shape index (κ2) is 3.08. The van der Waals surface area contributed by atoms with Crippen molar-refractivity contribution in [3.05, 3.63) is 0 Å². The Balaban J connectivity index is 3.11. The summed E-state index contributed by atoms with van der Waals surface area (Å²) in [6.45, 7) is 4.14. The molecule has 0 radical (unpaired) electrons. The minimum Gasteiger partial charge on any atom is -0.379 e. The van der Waals surface area contributed by atoms with E-state index in [1.807, 2.05) is 6.92 Å². The minimum absolute atomic E-state index is 0.198. The Hall–Kier alpha value is -0.0451. The van der Waals surface area contributed by atoms with Crippen LogP contribution >= 0.6 is 0 Å². The predicted molar refractivity (Wildman–Crippen MR) is 34.5 cm³/mol. The maximum Gasteiger partial charge on any atom is 0.152 e. The van der Waals surface area contributed by atoms with Crippen LogP contribution in [0, 0.1) is 0 Å². The molecule has 0 aromatic carbocycles. The molecule has 0 bridgehead atoms. The van der Waals surface area contributed by atoms with E-state index in [-0.39, 0.29) is 6.61 Å². The molecular formula is C5H12BFO. The van der Waals surface area contributed by atoms with Crippen LogP contribution in [0.5, 0.6) is 0 Å². The predicted octanol–water partition coefficient (Wildman–Crippen LogP) is 0.342. The third kappa shape index (κ3) is 5.95. The van der Waals surface area contributed by atoms with Gasteiger partial charge in [-0.05, 0) is 13.8 Å². The summed E-state index contributed by atoms with van der Waals surface area (Å²) in [6.07, 6.45) is 0. The van der Waals surface area contributed by atoms with Gasteiger partial charge in [0.2, 0.25) is 0 Å². The van der Waals surface area contributed by atoms with Crippen LogP contribution in [-0.4, -0.2) is 26.6 Å². The van der Waals surface area contributed by atoms with Crippen molar-refractivity contribution < 1.29 is 9.13 Å². The molecule has 0 aliphatic rings. The lowest BCUT2D eigenvalue weighted by atomic mass is 9.87. The van der Waals surface area contributed by atoms with Gasteiger partial charge in [0.05, 0.1) is 12.2 Å². The van der Waals surface area contributed by atoms with Crippen molar-refractivity contribution in [3.8, 4) is 0 Å². The Bertz CT molecular complexity index is 59.9. The number of ether oxygens (including phenoxy) is 1. The summed E-state index contributed by atoms with van der Waals surface area (Å²) in [6, 6.07) is 0. The van der Waals surface area contributed by atoms with E-state index in [4.69, 9.17) is 4.74 Å². The summed E-state index contributed by atoms with van der Waals surface area (Å²) < 4.78 is 17.3. The Morgan fingerprint density at radius 1 is 1.75 bits per heavy atom. The van der Waals surface area contributed by atoms with Crippen LogP contribution in [0.15, 0.2) is 0 Å². The third-order valence-electron chi connectivity index (χ3n) is 0.649. The fourth-order valence-corrected chi connectivity index (χ4v) is 0.345. The van der Waals surface area contributed by atoms with Crippen molar-refractivity contribution in [2.45, 2.75) is 19.4 Å². The molecule has 0 rings (SSSR count). The molecular weight excluding hydrogens is 106 g/mol. The number of alkyl halides is 1. The van der Waals surface area contributed by atoms with E-state index < -0.39 is 5.57 Å². The maximum absolute atomic E-state index is 12.5. The van der Waals surface area contributed by atoms with Crippen LogP contribution < -0.4 is 0 Å². The van der Waals surface area contributed by atoms with Gasteiger partial charge in [0, 0.05) is 6.61 Å². The Morgan fingerprint density at radius 2 is 2.25 bits per heavy atom. The minimum atomic E-state index is -1.17. The molecule has 0 saturated carbocycles.